The summed E-state index contributed by atoms with van der Waals surface area (Å²) < 4.78 is 39.4. The van der Waals surface area contributed by atoms with Gasteiger partial charge in [0.1, 0.15) is 10.7 Å². The molecule has 0 saturated heterocycles. The van der Waals surface area contributed by atoms with E-state index in [2.05, 4.69) is 4.98 Å². The van der Waals surface area contributed by atoms with E-state index in [9.17, 15) is 12.8 Å². The van der Waals surface area contributed by atoms with Crippen LogP contribution in [0.15, 0.2) is 47.6 Å². The molecule has 2 rings (SSSR count). The average Bonchev–Trinajstić information content (AvgIpc) is 2.42. The molecule has 2 N–H and O–H groups in total. The summed E-state index contributed by atoms with van der Waals surface area (Å²) in [5, 5.41) is 0. The number of anilines is 1. The smallest absolute Gasteiger partial charge is 0.246 e. The predicted molar refractivity (Wildman–Crippen MR) is 73.7 cm³/mol. The summed E-state index contributed by atoms with van der Waals surface area (Å²) in [6, 6.07) is 6.87. The van der Waals surface area contributed by atoms with Crippen LogP contribution in [-0.4, -0.2) is 24.8 Å². The second-order valence-corrected chi connectivity index (χ2v) is 6.32. The highest BCUT2D eigenvalue weighted by Crippen LogP contribution is 2.22. The van der Waals surface area contributed by atoms with Crippen LogP contribution in [0.25, 0.3) is 0 Å². The molecule has 0 bridgehead atoms. The van der Waals surface area contributed by atoms with Gasteiger partial charge in [0.05, 0.1) is 0 Å². The number of nitrogen functional groups attached to an aromatic ring is 1. The molecular weight excluding hydrogens is 281 g/mol. The molecule has 0 amide bonds. The number of halogens is 1. The number of rotatable bonds is 4. The van der Waals surface area contributed by atoms with Crippen molar-refractivity contribution >= 4 is 15.7 Å². The summed E-state index contributed by atoms with van der Waals surface area (Å²) in [5.41, 5.74) is 6.48. The zero-order valence-corrected chi connectivity index (χ0v) is 11.6. The molecule has 0 atom stereocenters. The van der Waals surface area contributed by atoms with Gasteiger partial charge in [-0.25, -0.2) is 12.8 Å². The molecule has 0 aliphatic rings. The van der Waals surface area contributed by atoms with E-state index in [1.54, 1.807) is 24.5 Å². The minimum absolute atomic E-state index is 0.124. The first-order chi connectivity index (χ1) is 9.41. The third-order valence-electron chi connectivity index (χ3n) is 2.80. The van der Waals surface area contributed by atoms with Crippen molar-refractivity contribution in [2.45, 2.75) is 11.4 Å². The zero-order chi connectivity index (χ0) is 14.8. The third-order valence-corrected chi connectivity index (χ3v) is 4.62. The van der Waals surface area contributed by atoms with E-state index in [-0.39, 0.29) is 12.2 Å². The maximum absolute atomic E-state index is 13.7. The summed E-state index contributed by atoms with van der Waals surface area (Å²) in [5.74, 6) is -0.819. The predicted octanol–water partition coefficient (Wildman–Crippen LogP) is 1.62. The summed E-state index contributed by atoms with van der Waals surface area (Å²) in [4.78, 5) is 3.43. The number of hydrogen-bond donors (Lipinski definition) is 1. The van der Waals surface area contributed by atoms with Crippen LogP contribution < -0.4 is 5.73 Å². The Morgan fingerprint density at radius 2 is 1.90 bits per heavy atom. The number of benzene rings is 1. The van der Waals surface area contributed by atoms with Crippen molar-refractivity contribution in [2.75, 3.05) is 12.8 Å². The van der Waals surface area contributed by atoms with Crippen molar-refractivity contribution < 1.29 is 12.8 Å². The molecule has 1 heterocycles. The lowest BCUT2D eigenvalue weighted by atomic mass is 10.3. The fourth-order valence-electron chi connectivity index (χ4n) is 1.72. The second kappa shape index (κ2) is 5.56. The van der Waals surface area contributed by atoms with E-state index in [4.69, 9.17) is 5.73 Å². The van der Waals surface area contributed by atoms with Crippen molar-refractivity contribution in [1.82, 2.24) is 9.29 Å². The molecular formula is C13H14FN3O2S. The van der Waals surface area contributed by atoms with Crippen LogP contribution in [0.1, 0.15) is 5.56 Å². The molecule has 2 aromatic rings. The lowest BCUT2D eigenvalue weighted by Crippen LogP contribution is -2.27. The Balaban J connectivity index is 2.32. The quantitative estimate of drug-likeness (QED) is 0.870. The fourth-order valence-corrected chi connectivity index (χ4v) is 2.97. The van der Waals surface area contributed by atoms with Gasteiger partial charge in [0.15, 0.2) is 0 Å². The molecule has 5 nitrogen and oxygen atoms in total. The summed E-state index contributed by atoms with van der Waals surface area (Å²) in [6.45, 7) is 0.124. The lowest BCUT2D eigenvalue weighted by Gasteiger charge is -2.17. The van der Waals surface area contributed by atoms with Gasteiger partial charge < -0.3 is 5.73 Å². The second-order valence-electron chi connectivity index (χ2n) is 4.31. The molecule has 0 spiro atoms. The van der Waals surface area contributed by atoms with Gasteiger partial charge in [0.2, 0.25) is 10.0 Å². The van der Waals surface area contributed by atoms with Crippen molar-refractivity contribution in [1.29, 1.82) is 0 Å². The Morgan fingerprint density at radius 3 is 2.55 bits per heavy atom. The number of nitrogens with two attached hydrogens (primary N) is 1. The first-order valence-corrected chi connectivity index (χ1v) is 7.25. The van der Waals surface area contributed by atoms with Crippen LogP contribution in [-0.2, 0) is 16.6 Å². The van der Waals surface area contributed by atoms with Crippen LogP contribution >= 0.6 is 0 Å². The SMILES string of the molecule is CN(Cc1ccncc1)S(=O)(=O)c1cc(N)ccc1F. The van der Waals surface area contributed by atoms with Crippen molar-refractivity contribution in [3.63, 3.8) is 0 Å². The van der Waals surface area contributed by atoms with Crippen molar-refractivity contribution in [2.24, 2.45) is 0 Å². The van der Waals surface area contributed by atoms with E-state index in [0.29, 0.717) is 0 Å². The Labute approximate surface area is 116 Å². The molecule has 0 aliphatic heterocycles. The molecule has 0 unspecified atom stereocenters. The highest BCUT2D eigenvalue weighted by Gasteiger charge is 2.24. The maximum Gasteiger partial charge on any atom is 0.246 e. The molecule has 0 fully saturated rings. The average molecular weight is 295 g/mol. The zero-order valence-electron chi connectivity index (χ0n) is 10.8. The molecule has 0 saturated carbocycles. The summed E-state index contributed by atoms with van der Waals surface area (Å²) in [6.07, 6.45) is 3.13. The summed E-state index contributed by atoms with van der Waals surface area (Å²) >= 11 is 0. The van der Waals surface area contributed by atoms with Gasteiger partial charge in [-0.2, -0.15) is 4.31 Å². The molecule has 7 heteroatoms. The molecule has 20 heavy (non-hydrogen) atoms. The van der Waals surface area contributed by atoms with Gasteiger partial charge >= 0.3 is 0 Å². The lowest BCUT2D eigenvalue weighted by molar-refractivity contribution is 0.460. The first kappa shape index (κ1) is 14.4. The number of hydrogen-bond acceptors (Lipinski definition) is 4. The van der Waals surface area contributed by atoms with Gasteiger partial charge in [-0.3, -0.25) is 4.98 Å². The van der Waals surface area contributed by atoms with E-state index >= 15 is 0 Å². The molecule has 0 aliphatic carbocycles. The number of aromatic nitrogens is 1. The van der Waals surface area contributed by atoms with Crippen LogP contribution in [0.3, 0.4) is 0 Å². The largest absolute Gasteiger partial charge is 0.399 e. The fraction of sp³-hybridized carbons (Fsp3) is 0.154. The van der Waals surface area contributed by atoms with E-state index in [1.807, 2.05) is 0 Å². The van der Waals surface area contributed by atoms with Gasteiger partial charge in [-0.1, -0.05) is 0 Å². The molecule has 0 radical (unpaired) electrons. The van der Waals surface area contributed by atoms with E-state index in [0.717, 1.165) is 22.0 Å². The van der Waals surface area contributed by atoms with Gasteiger partial charge in [0, 0.05) is 31.7 Å². The van der Waals surface area contributed by atoms with E-state index < -0.39 is 20.7 Å². The Kier molecular flexibility index (Phi) is 4.01. The third kappa shape index (κ3) is 2.94. The highest BCUT2D eigenvalue weighted by atomic mass is 32.2. The number of sulfonamides is 1. The molecule has 1 aromatic carbocycles. The molecule has 106 valence electrons. The van der Waals surface area contributed by atoms with Crippen molar-refractivity contribution in [3.05, 3.63) is 54.1 Å². The van der Waals surface area contributed by atoms with Crippen LogP contribution in [0.5, 0.6) is 0 Å². The van der Waals surface area contributed by atoms with Crippen LogP contribution in [0.4, 0.5) is 10.1 Å². The topological polar surface area (TPSA) is 76.3 Å². The Hall–Kier alpha value is -1.99. The Morgan fingerprint density at radius 1 is 1.25 bits per heavy atom. The number of nitrogens with zero attached hydrogens (tertiary/aromatic N) is 2. The van der Waals surface area contributed by atoms with E-state index in [1.165, 1.54) is 13.1 Å². The number of pyridine rings is 1. The standard InChI is InChI=1S/C13H14FN3O2S/c1-17(9-10-4-6-16-7-5-10)20(18,19)13-8-11(15)2-3-12(13)14/h2-8H,9,15H2,1H3. The Bertz CT molecular complexity index is 705. The monoisotopic (exact) mass is 295 g/mol. The maximum atomic E-state index is 13.7. The van der Waals surface area contributed by atoms with Gasteiger partial charge in [0.25, 0.3) is 0 Å². The normalized spacial score (nSPS) is 11.8. The summed E-state index contributed by atoms with van der Waals surface area (Å²) in [7, 11) is -2.55. The first-order valence-electron chi connectivity index (χ1n) is 5.81. The van der Waals surface area contributed by atoms with Gasteiger partial charge in [-0.15, -0.1) is 0 Å². The van der Waals surface area contributed by atoms with Crippen LogP contribution in [0, 0.1) is 5.82 Å². The van der Waals surface area contributed by atoms with Gasteiger partial charge in [-0.05, 0) is 35.9 Å². The minimum Gasteiger partial charge on any atom is -0.399 e. The molecule has 1 aromatic heterocycles. The minimum atomic E-state index is -3.93. The van der Waals surface area contributed by atoms with Crippen LogP contribution in [0.2, 0.25) is 0 Å². The van der Waals surface area contributed by atoms with Crippen molar-refractivity contribution in [3.8, 4) is 0 Å². The highest BCUT2D eigenvalue weighted by molar-refractivity contribution is 7.89.